The van der Waals surface area contributed by atoms with Crippen LogP contribution in [0.15, 0.2) is 0 Å². The molecule has 4 saturated carbocycles. The minimum Gasteiger partial charge on any atom is -0.353 e. The zero-order valence-corrected chi connectivity index (χ0v) is 26.9. The summed E-state index contributed by atoms with van der Waals surface area (Å²) in [6.45, 7) is 14.6. The second kappa shape index (κ2) is 12.5. The topological polar surface area (TPSA) is 69.7 Å². The van der Waals surface area contributed by atoms with Crippen molar-refractivity contribution in [2.24, 2.45) is 58.2 Å². The average molecular weight is 571 g/mol. The molecule has 5 aliphatic rings. The standard InChI is InChI=1S/C36H58O5/c1-7-26-30-20-22(2)15-17-36(30,6)29-16-18-35(5)27(23(3)11-12-25(38)21-31(39)24(4)37)13-14-28(35)33(29)34(26)41-32-10-8-9-19-40-32/h22-23,26-30,32-34H,7-21H2,1-6H3/t22-,23-,26-,27-,28+,29+,30+,32?,33+,34-,35-,36-/m1/s1. The summed E-state index contributed by atoms with van der Waals surface area (Å²) in [6.07, 6.45) is 15.0. The molecule has 1 saturated heterocycles. The minimum atomic E-state index is -0.548. The number of Topliss-reactive ketones (excluding diaryl/α,β-unsaturated/α-hetero) is 3. The molecule has 5 rings (SSSR count). The molecule has 0 aromatic rings. The lowest BCUT2D eigenvalue weighted by Crippen LogP contribution is -2.62. The van der Waals surface area contributed by atoms with E-state index in [0.29, 0.717) is 41.4 Å². The maximum absolute atomic E-state index is 12.5. The summed E-state index contributed by atoms with van der Waals surface area (Å²) >= 11 is 0. The van der Waals surface area contributed by atoms with Gasteiger partial charge in [0.15, 0.2) is 12.1 Å². The van der Waals surface area contributed by atoms with Crippen molar-refractivity contribution in [3.63, 3.8) is 0 Å². The van der Waals surface area contributed by atoms with Crippen LogP contribution in [0, 0.1) is 58.2 Å². The summed E-state index contributed by atoms with van der Waals surface area (Å²) < 4.78 is 13.4. The Hall–Kier alpha value is -1.07. The quantitative estimate of drug-likeness (QED) is 0.151. The number of hydrogen-bond acceptors (Lipinski definition) is 5. The Morgan fingerprint density at radius 2 is 1.68 bits per heavy atom. The summed E-state index contributed by atoms with van der Waals surface area (Å²) in [7, 11) is 0. The van der Waals surface area contributed by atoms with Gasteiger partial charge in [0.2, 0.25) is 5.78 Å². The van der Waals surface area contributed by atoms with Gasteiger partial charge in [-0.25, -0.2) is 0 Å². The van der Waals surface area contributed by atoms with E-state index in [4.69, 9.17) is 9.47 Å². The molecule has 0 aromatic heterocycles. The Kier molecular flexibility index (Phi) is 9.56. The summed E-state index contributed by atoms with van der Waals surface area (Å²) in [6, 6.07) is 0. The molecule has 0 radical (unpaired) electrons. The number of fused-ring (bicyclic) bond motifs is 5. The zero-order chi connectivity index (χ0) is 29.5. The predicted octanol–water partition coefficient (Wildman–Crippen LogP) is 7.97. The van der Waals surface area contributed by atoms with E-state index >= 15 is 0 Å². The maximum Gasteiger partial charge on any atom is 0.205 e. The molecule has 5 heteroatoms. The lowest BCUT2D eigenvalue weighted by molar-refractivity contribution is -0.270. The Bertz CT molecular complexity index is 969. The minimum absolute atomic E-state index is 0.0400. The van der Waals surface area contributed by atoms with Crippen LogP contribution in [0.25, 0.3) is 0 Å². The molecule has 0 N–H and O–H groups in total. The van der Waals surface area contributed by atoms with Gasteiger partial charge < -0.3 is 9.47 Å². The van der Waals surface area contributed by atoms with Crippen LogP contribution >= 0.6 is 0 Å². The molecule has 0 bridgehead atoms. The number of ether oxygens (including phenoxy) is 2. The molecule has 0 aromatic carbocycles. The fraction of sp³-hybridized carbons (Fsp3) is 0.917. The third kappa shape index (κ3) is 5.89. The van der Waals surface area contributed by atoms with E-state index in [1.165, 1.54) is 64.7 Å². The van der Waals surface area contributed by atoms with Crippen LogP contribution < -0.4 is 0 Å². The fourth-order valence-electron chi connectivity index (χ4n) is 11.3. The van der Waals surface area contributed by atoms with Gasteiger partial charge >= 0.3 is 0 Å². The first-order valence-electron chi connectivity index (χ1n) is 17.3. The fourth-order valence-corrected chi connectivity index (χ4v) is 11.3. The number of carbonyl (C=O) groups excluding carboxylic acids is 3. The molecule has 12 atom stereocenters. The van der Waals surface area contributed by atoms with E-state index < -0.39 is 11.6 Å². The van der Waals surface area contributed by atoms with Crippen LogP contribution in [0.3, 0.4) is 0 Å². The van der Waals surface area contributed by atoms with Gasteiger partial charge in [-0.15, -0.1) is 0 Å². The van der Waals surface area contributed by atoms with Crippen molar-refractivity contribution in [2.45, 2.75) is 144 Å². The maximum atomic E-state index is 12.5. The predicted molar refractivity (Wildman–Crippen MR) is 161 cm³/mol. The highest BCUT2D eigenvalue weighted by Crippen LogP contribution is 2.70. The van der Waals surface area contributed by atoms with Crippen molar-refractivity contribution in [3.8, 4) is 0 Å². The SMILES string of the molecule is CC[C@H]1[C@@H](OC2CCCCO2)[C@@H]2[C@H](CC[C@]3(C)[C@@H]([C@H](C)CCC(=O)CC(=O)C(C)=O)CC[C@@H]23)[C@@]2(C)CC[C@@H](C)C[C@@H]12. The average Bonchev–Trinajstić information content (AvgIpc) is 3.30. The molecule has 41 heavy (non-hydrogen) atoms. The summed E-state index contributed by atoms with van der Waals surface area (Å²) in [5, 5.41) is 0. The van der Waals surface area contributed by atoms with Crippen molar-refractivity contribution in [2.75, 3.05) is 6.61 Å². The van der Waals surface area contributed by atoms with Crippen LogP contribution in [0.5, 0.6) is 0 Å². The number of carbonyl (C=O) groups is 3. The Labute approximate surface area is 249 Å². The highest BCUT2D eigenvalue weighted by atomic mass is 16.7. The molecule has 1 unspecified atom stereocenters. The van der Waals surface area contributed by atoms with Crippen LogP contribution in [0.4, 0.5) is 0 Å². The van der Waals surface area contributed by atoms with Gasteiger partial charge in [0.25, 0.3) is 0 Å². The van der Waals surface area contributed by atoms with Gasteiger partial charge in [-0.3, -0.25) is 14.4 Å². The molecule has 232 valence electrons. The second-order valence-electron chi connectivity index (χ2n) is 15.7. The third-order valence-electron chi connectivity index (χ3n) is 13.5. The molecule has 5 fully saturated rings. The largest absolute Gasteiger partial charge is 0.353 e. The summed E-state index contributed by atoms with van der Waals surface area (Å²) in [5.41, 5.74) is 0.670. The number of rotatable bonds is 10. The first-order chi connectivity index (χ1) is 19.5. The van der Waals surface area contributed by atoms with Crippen molar-refractivity contribution in [1.29, 1.82) is 0 Å². The lowest BCUT2D eigenvalue weighted by atomic mass is 9.41. The van der Waals surface area contributed by atoms with Gasteiger partial charge in [0.05, 0.1) is 12.5 Å². The molecule has 0 amide bonds. The molecule has 0 spiro atoms. The van der Waals surface area contributed by atoms with Crippen molar-refractivity contribution in [3.05, 3.63) is 0 Å². The van der Waals surface area contributed by atoms with Crippen LogP contribution in [-0.4, -0.2) is 36.4 Å². The highest BCUT2D eigenvalue weighted by Gasteiger charge is 2.65. The number of ketones is 3. The van der Waals surface area contributed by atoms with E-state index in [9.17, 15) is 14.4 Å². The normalized spacial score (nSPS) is 44.8. The Balaban J connectivity index is 1.38. The third-order valence-corrected chi connectivity index (χ3v) is 13.5. The molecule has 1 heterocycles. The van der Waals surface area contributed by atoms with Crippen LogP contribution in [0.1, 0.15) is 131 Å². The molecule has 4 aliphatic carbocycles. The first kappa shape index (κ1) is 31.4. The molecule has 5 nitrogen and oxygen atoms in total. The van der Waals surface area contributed by atoms with E-state index in [1.54, 1.807) is 0 Å². The van der Waals surface area contributed by atoms with Crippen LogP contribution in [-0.2, 0) is 23.9 Å². The molecular weight excluding hydrogens is 512 g/mol. The first-order valence-corrected chi connectivity index (χ1v) is 17.3. The number of hydrogen-bond donors (Lipinski definition) is 0. The molecular formula is C36H58O5. The van der Waals surface area contributed by atoms with Crippen molar-refractivity contribution < 1.29 is 23.9 Å². The van der Waals surface area contributed by atoms with E-state index in [2.05, 4.69) is 34.6 Å². The van der Waals surface area contributed by atoms with Gasteiger partial charge in [0.1, 0.15) is 5.78 Å². The van der Waals surface area contributed by atoms with Gasteiger partial charge in [-0.2, -0.15) is 0 Å². The van der Waals surface area contributed by atoms with Crippen molar-refractivity contribution in [1.82, 2.24) is 0 Å². The van der Waals surface area contributed by atoms with Crippen molar-refractivity contribution >= 4 is 17.3 Å². The summed E-state index contributed by atoms with van der Waals surface area (Å²) in [5.74, 6) is 4.02. The second-order valence-corrected chi connectivity index (χ2v) is 15.7. The van der Waals surface area contributed by atoms with Gasteiger partial charge in [-0.05, 0) is 122 Å². The smallest absolute Gasteiger partial charge is 0.205 e. The Morgan fingerprint density at radius 3 is 2.37 bits per heavy atom. The zero-order valence-electron chi connectivity index (χ0n) is 26.9. The van der Waals surface area contributed by atoms with Gasteiger partial charge in [-0.1, -0.05) is 47.5 Å². The van der Waals surface area contributed by atoms with E-state index in [1.807, 2.05) is 0 Å². The monoisotopic (exact) mass is 570 g/mol. The highest BCUT2D eigenvalue weighted by molar-refractivity contribution is 6.39. The van der Waals surface area contributed by atoms with E-state index in [0.717, 1.165) is 43.6 Å². The van der Waals surface area contributed by atoms with Gasteiger partial charge in [0, 0.05) is 20.0 Å². The van der Waals surface area contributed by atoms with E-state index in [-0.39, 0.29) is 30.0 Å². The lowest BCUT2D eigenvalue weighted by Gasteiger charge is -2.66. The Morgan fingerprint density at radius 1 is 0.951 bits per heavy atom. The van der Waals surface area contributed by atoms with Crippen LogP contribution in [0.2, 0.25) is 0 Å². The molecule has 1 aliphatic heterocycles. The summed E-state index contributed by atoms with van der Waals surface area (Å²) in [4.78, 5) is 35.7.